The summed E-state index contributed by atoms with van der Waals surface area (Å²) in [6, 6.07) is 81.9. The van der Waals surface area contributed by atoms with Crippen LogP contribution in [0.1, 0.15) is 44.5 Å². The summed E-state index contributed by atoms with van der Waals surface area (Å²) in [7, 11) is 0. The lowest BCUT2D eigenvalue weighted by Crippen LogP contribution is -2.32. The minimum Gasteiger partial charge on any atom is -0.457 e. The van der Waals surface area contributed by atoms with Crippen molar-refractivity contribution in [3.05, 3.63) is 269 Å². The van der Waals surface area contributed by atoms with Gasteiger partial charge in [0.05, 0.1) is 10.8 Å². The van der Waals surface area contributed by atoms with Gasteiger partial charge in [-0.1, -0.05) is 164 Å². The van der Waals surface area contributed by atoms with Crippen LogP contribution in [0.2, 0.25) is 0 Å². The topological polar surface area (TPSA) is 21.7 Å². The number of rotatable bonds is 3. The summed E-state index contributed by atoms with van der Waals surface area (Å²) in [6.07, 6.45) is 0. The Morgan fingerprint density at radius 2 is 0.587 bits per heavy atom. The first-order valence-corrected chi connectivity index (χ1v) is 21.7. The van der Waals surface area contributed by atoms with Crippen LogP contribution >= 0.6 is 0 Å². The summed E-state index contributed by atoms with van der Waals surface area (Å²) in [5.41, 5.74) is 16.8. The quantitative estimate of drug-likeness (QED) is 0.178. The van der Waals surface area contributed by atoms with Gasteiger partial charge < -0.3 is 14.4 Å². The molecule has 10 aromatic carbocycles. The Balaban J connectivity index is 1.02. The fraction of sp³-hybridized carbons (Fsp3) is 0.0333. The molecule has 2 aliphatic carbocycles. The molecule has 0 aromatic heterocycles. The first-order valence-electron chi connectivity index (χ1n) is 21.7. The minimum atomic E-state index is -0.536. The van der Waals surface area contributed by atoms with Crippen molar-refractivity contribution in [1.82, 2.24) is 0 Å². The molecule has 0 atom stereocenters. The molecule has 14 rings (SSSR count). The van der Waals surface area contributed by atoms with E-state index in [2.05, 4.69) is 229 Å². The van der Waals surface area contributed by atoms with Gasteiger partial charge in [0.1, 0.15) is 23.0 Å². The van der Waals surface area contributed by atoms with Crippen LogP contribution in [-0.4, -0.2) is 0 Å². The fourth-order valence-corrected chi connectivity index (χ4v) is 11.7. The average Bonchev–Trinajstić information content (AvgIpc) is 3.79. The second-order valence-corrected chi connectivity index (χ2v) is 17.1. The maximum atomic E-state index is 6.63. The predicted molar refractivity (Wildman–Crippen MR) is 253 cm³/mol. The van der Waals surface area contributed by atoms with E-state index in [1.807, 2.05) is 0 Å². The Kier molecular flexibility index (Phi) is 6.97. The molecule has 2 spiro atoms. The maximum absolute atomic E-state index is 6.63. The largest absolute Gasteiger partial charge is 0.457 e. The van der Waals surface area contributed by atoms with Gasteiger partial charge in [-0.25, -0.2) is 0 Å². The van der Waals surface area contributed by atoms with E-state index in [9.17, 15) is 0 Å². The molecule has 0 N–H and O–H groups in total. The highest BCUT2D eigenvalue weighted by Gasteiger charge is 2.52. The van der Waals surface area contributed by atoms with Gasteiger partial charge in [0.25, 0.3) is 0 Å². The van der Waals surface area contributed by atoms with Crippen molar-refractivity contribution in [2.45, 2.75) is 10.8 Å². The number of hydrogen-bond acceptors (Lipinski definition) is 3. The molecular weight excluding hydrogens is 767 g/mol. The van der Waals surface area contributed by atoms with Gasteiger partial charge in [0, 0.05) is 39.3 Å². The van der Waals surface area contributed by atoms with Crippen LogP contribution < -0.4 is 14.4 Å². The molecule has 3 nitrogen and oxygen atoms in total. The number of nitrogens with zero attached hydrogens (tertiary/aromatic N) is 1. The van der Waals surface area contributed by atoms with E-state index in [0.29, 0.717) is 0 Å². The molecule has 0 bridgehead atoms. The van der Waals surface area contributed by atoms with E-state index in [-0.39, 0.29) is 0 Å². The number of benzene rings is 10. The first kappa shape index (κ1) is 34.6. The van der Waals surface area contributed by atoms with Gasteiger partial charge in [0.15, 0.2) is 0 Å². The van der Waals surface area contributed by atoms with Crippen LogP contribution in [0.25, 0.3) is 33.0 Å². The smallest absolute Gasteiger partial charge is 0.132 e. The molecule has 63 heavy (non-hydrogen) atoms. The van der Waals surface area contributed by atoms with Gasteiger partial charge >= 0.3 is 0 Å². The van der Waals surface area contributed by atoms with E-state index in [1.165, 1.54) is 55.3 Å². The van der Waals surface area contributed by atoms with Crippen LogP contribution in [0.3, 0.4) is 0 Å². The lowest BCUT2D eigenvalue weighted by Gasteiger charge is -2.39. The molecule has 0 saturated carbocycles. The van der Waals surface area contributed by atoms with Gasteiger partial charge in [-0.3, -0.25) is 0 Å². The molecule has 0 unspecified atom stereocenters. The molecule has 2 aliphatic heterocycles. The minimum absolute atomic E-state index is 0.536. The van der Waals surface area contributed by atoms with Crippen molar-refractivity contribution >= 4 is 27.8 Å². The van der Waals surface area contributed by atoms with Crippen molar-refractivity contribution in [3.63, 3.8) is 0 Å². The highest BCUT2D eigenvalue weighted by Crippen LogP contribution is 2.64. The molecular formula is C60H37NO2. The zero-order valence-corrected chi connectivity index (χ0v) is 34.1. The van der Waals surface area contributed by atoms with Crippen molar-refractivity contribution in [3.8, 4) is 45.3 Å². The summed E-state index contributed by atoms with van der Waals surface area (Å²) in [4.78, 5) is 2.45. The third-order valence-corrected chi connectivity index (χ3v) is 14.2. The number of para-hydroxylation sites is 4. The van der Waals surface area contributed by atoms with E-state index >= 15 is 0 Å². The maximum Gasteiger partial charge on any atom is 0.132 e. The summed E-state index contributed by atoms with van der Waals surface area (Å²) < 4.78 is 13.3. The highest BCUT2D eigenvalue weighted by molar-refractivity contribution is 5.96. The molecule has 4 aliphatic rings. The summed E-state index contributed by atoms with van der Waals surface area (Å²) >= 11 is 0. The van der Waals surface area contributed by atoms with Crippen LogP contribution in [0.15, 0.2) is 224 Å². The Labute approximate surface area is 365 Å². The zero-order valence-electron chi connectivity index (χ0n) is 34.1. The molecule has 0 radical (unpaired) electrons. The third-order valence-electron chi connectivity index (χ3n) is 14.2. The fourth-order valence-electron chi connectivity index (χ4n) is 11.7. The van der Waals surface area contributed by atoms with Gasteiger partial charge in [-0.2, -0.15) is 0 Å². The Morgan fingerprint density at radius 3 is 1.05 bits per heavy atom. The number of hydrogen-bond donors (Lipinski definition) is 0. The van der Waals surface area contributed by atoms with Crippen LogP contribution in [-0.2, 0) is 10.8 Å². The molecule has 0 saturated heterocycles. The number of fused-ring (bicyclic) bond motifs is 19. The van der Waals surface area contributed by atoms with Crippen LogP contribution in [0.5, 0.6) is 23.0 Å². The van der Waals surface area contributed by atoms with Crippen molar-refractivity contribution in [1.29, 1.82) is 0 Å². The Bertz CT molecular complexity index is 3280. The van der Waals surface area contributed by atoms with E-state index in [0.717, 1.165) is 62.3 Å². The third kappa shape index (κ3) is 4.48. The van der Waals surface area contributed by atoms with Gasteiger partial charge in [-0.05, 0) is 116 Å². The normalized spacial score (nSPS) is 14.5. The van der Waals surface area contributed by atoms with E-state index in [4.69, 9.17) is 9.47 Å². The van der Waals surface area contributed by atoms with Crippen LogP contribution in [0, 0.1) is 0 Å². The number of anilines is 3. The Hall–Kier alpha value is -8.14. The highest BCUT2D eigenvalue weighted by atomic mass is 16.5. The predicted octanol–water partition coefficient (Wildman–Crippen LogP) is 15.2. The molecule has 10 aromatic rings. The molecule has 2 heterocycles. The van der Waals surface area contributed by atoms with Crippen LogP contribution in [0.4, 0.5) is 17.1 Å². The summed E-state index contributed by atoms with van der Waals surface area (Å²) in [5.74, 6) is 3.58. The first-order chi connectivity index (χ1) is 31.2. The Morgan fingerprint density at radius 1 is 0.254 bits per heavy atom. The van der Waals surface area contributed by atoms with Gasteiger partial charge in [0.2, 0.25) is 0 Å². The second kappa shape index (κ2) is 12.7. The lowest BCUT2D eigenvalue weighted by molar-refractivity contribution is 0.436. The SMILES string of the molecule is c1ccc2c(c1)Oc1ccccc1C21c2ccccc2-c2cc(N(c3ccc4c(c3)-c3ccccc3C43c4ccccc4Oc4ccccc43)c3ccc4ccccc4c3)ccc21. The molecule has 294 valence electrons. The van der Waals surface area contributed by atoms with Gasteiger partial charge in [-0.15, -0.1) is 0 Å². The zero-order chi connectivity index (χ0) is 41.3. The van der Waals surface area contributed by atoms with E-state index < -0.39 is 10.8 Å². The summed E-state index contributed by atoms with van der Waals surface area (Å²) in [5, 5.41) is 2.41. The molecule has 0 amide bonds. The molecule has 3 heteroatoms. The number of ether oxygens (including phenoxy) is 2. The van der Waals surface area contributed by atoms with Crippen molar-refractivity contribution in [2.75, 3.05) is 4.90 Å². The van der Waals surface area contributed by atoms with E-state index in [1.54, 1.807) is 0 Å². The average molecular weight is 804 g/mol. The molecule has 0 fully saturated rings. The summed E-state index contributed by atoms with van der Waals surface area (Å²) in [6.45, 7) is 0. The van der Waals surface area contributed by atoms with Crippen molar-refractivity contribution < 1.29 is 9.47 Å². The standard InChI is InChI=1S/C60H37NO2/c1-2-16-39-35-40(30-29-38(39)15-1)61(41-31-33-49-45(36-41)43-17-3-5-19-47(43)59(49)51-21-7-11-25-55(51)62-56-26-12-8-22-52(56)59)42-32-34-50-46(37-42)44-18-4-6-20-48(44)60(50)53-23-9-13-27-57(53)63-58-28-14-10-24-54(58)60/h1-37H. The lowest BCUT2D eigenvalue weighted by atomic mass is 9.66. The second-order valence-electron chi connectivity index (χ2n) is 17.1. The monoisotopic (exact) mass is 803 g/mol. The van der Waals surface area contributed by atoms with Crippen molar-refractivity contribution in [2.24, 2.45) is 0 Å².